The minimum absolute atomic E-state index is 0.858. The van der Waals surface area contributed by atoms with E-state index in [2.05, 4.69) is 52.9 Å². The number of hydrogen-bond acceptors (Lipinski definition) is 1. The summed E-state index contributed by atoms with van der Waals surface area (Å²) in [7, 11) is 0. The molecule has 18 heavy (non-hydrogen) atoms. The predicted octanol–water partition coefficient (Wildman–Crippen LogP) is 5.64. The molecule has 1 aromatic carbocycles. The molecule has 1 nitrogen and oxygen atoms in total. The van der Waals surface area contributed by atoms with Crippen molar-refractivity contribution in [3.05, 3.63) is 28.8 Å². The lowest BCUT2D eigenvalue weighted by molar-refractivity contribution is 0.678. The highest BCUT2D eigenvalue weighted by atomic mass is 79.9. The monoisotopic (exact) mass is 331 g/mol. The van der Waals surface area contributed by atoms with Crippen molar-refractivity contribution in [3.63, 3.8) is 0 Å². The number of alkyl halides is 1. The molecule has 0 spiro atoms. The van der Waals surface area contributed by atoms with Gasteiger partial charge in [-0.15, -0.1) is 0 Å². The minimum Gasteiger partial charge on any atom is -0.370 e. The third kappa shape index (κ3) is 4.81. The summed E-state index contributed by atoms with van der Waals surface area (Å²) in [6.07, 6.45) is 4.89. The number of unbranched alkanes of at least 4 members (excludes halogenated alkanes) is 2. The molecule has 0 aliphatic rings. The normalized spacial score (nSPS) is 10.7. The fourth-order valence-electron chi connectivity index (χ4n) is 1.94. The smallest absolute Gasteiger partial charge is 0.0642 e. The van der Waals surface area contributed by atoms with E-state index in [1.54, 1.807) is 0 Å². The van der Waals surface area contributed by atoms with E-state index < -0.39 is 0 Å². The number of benzene rings is 1. The van der Waals surface area contributed by atoms with Gasteiger partial charge in [-0.05, 0) is 30.5 Å². The van der Waals surface area contributed by atoms with Crippen LogP contribution in [-0.2, 0) is 5.33 Å². The minimum atomic E-state index is 0.858. The van der Waals surface area contributed by atoms with Crippen LogP contribution in [0.4, 0.5) is 5.69 Å². The third-order valence-electron chi connectivity index (χ3n) is 3.07. The summed E-state index contributed by atoms with van der Waals surface area (Å²) >= 11 is 9.86. The summed E-state index contributed by atoms with van der Waals surface area (Å²) < 4.78 is 0. The van der Waals surface area contributed by atoms with Gasteiger partial charge >= 0.3 is 0 Å². The lowest BCUT2D eigenvalue weighted by Crippen LogP contribution is -2.25. The lowest BCUT2D eigenvalue weighted by atomic mass is 10.2. The van der Waals surface area contributed by atoms with Gasteiger partial charge in [0.25, 0.3) is 0 Å². The Hall–Kier alpha value is -0.210. The molecule has 0 aromatic heterocycles. The molecular formula is C15H23BrClN. The van der Waals surface area contributed by atoms with Crippen molar-refractivity contribution in [2.75, 3.05) is 18.0 Å². The quantitative estimate of drug-likeness (QED) is 0.557. The molecule has 0 unspecified atom stereocenters. The largest absolute Gasteiger partial charge is 0.370 e. The molecule has 0 heterocycles. The summed E-state index contributed by atoms with van der Waals surface area (Å²) in [6, 6.07) is 6.38. The van der Waals surface area contributed by atoms with E-state index in [-0.39, 0.29) is 0 Å². The van der Waals surface area contributed by atoms with Gasteiger partial charge in [0, 0.05) is 18.4 Å². The summed E-state index contributed by atoms with van der Waals surface area (Å²) in [5, 5.41) is 1.73. The lowest BCUT2D eigenvalue weighted by Gasteiger charge is -2.26. The van der Waals surface area contributed by atoms with Crippen molar-refractivity contribution in [2.45, 2.75) is 44.9 Å². The third-order valence-corrected chi connectivity index (χ3v) is 4.02. The summed E-state index contributed by atoms with van der Waals surface area (Å²) in [5.41, 5.74) is 2.41. The maximum Gasteiger partial charge on any atom is 0.0642 e. The highest BCUT2D eigenvalue weighted by Gasteiger charge is 2.10. The van der Waals surface area contributed by atoms with Gasteiger partial charge in [0.2, 0.25) is 0 Å². The van der Waals surface area contributed by atoms with E-state index in [4.69, 9.17) is 11.6 Å². The highest BCUT2D eigenvalue weighted by Crippen LogP contribution is 2.28. The Morgan fingerprint density at radius 2 is 1.72 bits per heavy atom. The number of hydrogen-bond donors (Lipinski definition) is 0. The summed E-state index contributed by atoms with van der Waals surface area (Å²) in [6.45, 7) is 6.66. The Kier molecular flexibility index (Phi) is 7.76. The van der Waals surface area contributed by atoms with Crippen molar-refractivity contribution in [1.29, 1.82) is 0 Å². The van der Waals surface area contributed by atoms with Gasteiger partial charge in [-0.3, -0.25) is 0 Å². The van der Waals surface area contributed by atoms with E-state index in [0.29, 0.717) is 0 Å². The van der Waals surface area contributed by atoms with E-state index >= 15 is 0 Å². The molecule has 1 aromatic rings. The zero-order chi connectivity index (χ0) is 13.4. The first-order valence-electron chi connectivity index (χ1n) is 6.82. The molecule has 0 radical (unpaired) electrons. The second kappa shape index (κ2) is 8.82. The predicted molar refractivity (Wildman–Crippen MR) is 86.1 cm³/mol. The Labute approximate surface area is 125 Å². The van der Waals surface area contributed by atoms with E-state index in [9.17, 15) is 0 Å². The Balaban J connectivity index is 2.82. The van der Waals surface area contributed by atoms with Gasteiger partial charge in [-0.2, -0.15) is 0 Å². The fraction of sp³-hybridized carbons (Fsp3) is 0.600. The van der Waals surface area contributed by atoms with Crippen LogP contribution in [0.1, 0.15) is 45.1 Å². The zero-order valence-electron chi connectivity index (χ0n) is 11.4. The Morgan fingerprint density at radius 3 is 2.17 bits per heavy atom. The zero-order valence-corrected chi connectivity index (χ0v) is 13.7. The second-order valence-corrected chi connectivity index (χ2v) is 5.58. The summed E-state index contributed by atoms with van der Waals surface area (Å²) in [5.74, 6) is 0. The maximum absolute atomic E-state index is 6.40. The fourth-order valence-corrected chi connectivity index (χ4v) is 2.61. The number of nitrogens with zero attached hydrogens (tertiary/aromatic N) is 1. The number of anilines is 1. The molecule has 3 heteroatoms. The highest BCUT2D eigenvalue weighted by molar-refractivity contribution is 9.08. The van der Waals surface area contributed by atoms with Crippen LogP contribution in [0.3, 0.4) is 0 Å². The average Bonchev–Trinajstić information content (AvgIpc) is 2.39. The van der Waals surface area contributed by atoms with Crippen LogP contribution in [0, 0.1) is 0 Å². The van der Waals surface area contributed by atoms with Gasteiger partial charge < -0.3 is 4.90 Å². The van der Waals surface area contributed by atoms with Crippen molar-refractivity contribution in [1.82, 2.24) is 0 Å². The van der Waals surface area contributed by atoms with Gasteiger partial charge in [0.1, 0.15) is 0 Å². The summed E-state index contributed by atoms with van der Waals surface area (Å²) in [4.78, 5) is 2.42. The molecule has 0 N–H and O–H groups in total. The average molecular weight is 333 g/mol. The van der Waals surface area contributed by atoms with Crippen molar-refractivity contribution in [2.24, 2.45) is 0 Å². The molecule has 1 rings (SSSR count). The SMILES string of the molecule is CCCCN(CCCC)c1ccc(CBr)cc1Cl. The van der Waals surface area contributed by atoms with Crippen LogP contribution in [0.15, 0.2) is 18.2 Å². The first kappa shape index (κ1) is 15.8. The van der Waals surface area contributed by atoms with Gasteiger partial charge in [0.05, 0.1) is 10.7 Å². The van der Waals surface area contributed by atoms with Crippen LogP contribution < -0.4 is 4.90 Å². The molecule has 0 aliphatic heterocycles. The van der Waals surface area contributed by atoms with Crippen LogP contribution in [0.25, 0.3) is 0 Å². The van der Waals surface area contributed by atoms with Gasteiger partial charge in [-0.1, -0.05) is 60.3 Å². The van der Waals surface area contributed by atoms with Crippen LogP contribution >= 0.6 is 27.5 Å². The van der Waals surface area contributed by atoms with Crippen LogP contribution in [-0.4, -0.2) is 13.1 Å². The van der Waals surface area contributed by atoms with Crippen LogP contribution in [0.5, 0.6) is 0 Å². The first-order chi connectivity index (χ1) is 8.72. The Bertz CT molecular complexity index is 346. The van der Waals surface area contributed by atoms with Crippen molar-refractivity contribution >= 4 is 33.2 Å². The molecule has 0 saturated carbocycles. The van der Waals surface area contributed by atoms with Crippen molar-refractivity contribution in [3.8, 4) is 0 Å². The van der Waals surface area contributed by atoms with Gasteiger partial charge in [0.15, 0.2) is 0 Å². The standard InChI is InChI=1S/C15H23BrClN/c1-3-5-9-18(10-6-4-2)15-8-7-13(12-16)11-14(15)17/h7-8,11H,3-6,9-10,12H2,1-2H3. The topological polar surface area (TPSA) is 3.24 Å². The molecular weight excluding hydrogens is 310 g/mol. The van der Waals surface area contributed by atoms with Crippen LogP contribution in [0.2, 0.25) is 5.02 Å². The maximum atomic E-state index is 6.40. The molecule has 0 amide bonds. The van der Waals surface area contributed by atoms with Crippen molar-refractivity contribution < 1.29 is 0 Å². The molecule has 0 saturated heterocycles. The van der Waals surface area contributed by atoms with E-state index in [0.717, 1.165) is 23.4 Å². The molecule has 102 valence electrons. The molecule has 0 bridgehead atoms. The first-order valence-corrected chi connectivity index (χ1v) is 8.32. The van der Waals surface area contributed by atoms with E-state index in [1.165, 1.54) is 36.9 Å². The second-order valence-electron chi connectivity index (χ2n) is 4.61. The van der Waals surface area contributed by atoms with E-state index in [1.807, 2.05) is 0 Å². The molecule has 0 fully saturated rings. The number of halogens is 2. The Morgan fingerprint density at radius 1 is 1.11 bits per heavy atom. The van der Waals surface area contributed by atoms with Gasteiger partial charge in [-0.25, -0.2) is 0 Å². The molecule has 0 atom stereocenters. The molecule has 0 aliphatic carbocycles. The number of rotatable bonds is 8.